The second-order valence-electron chi connectivity index (χ2n) is 8.45. The second-order valence-corrected chi connectivity index (χ2v) is 10.4. The normalized spacial score (nSPS) is 14.9. The van der Waals surface area contributed by atoms with Gasteiger partial charge in [0.05, 0.1) is 17.1 Å². The zero-order valence-corrected chi connectivity index (χ0v) is 21.7. The minimum Gasteiger partial charge on any atom is -0.492 e. The van der Waals surface area contributed by atoms with Crippen LogP contribution in [0.1, 0.15) is 16.7 Å². The first-order valence-electron chi connectivity index (χ1n) is 11.2. The number of hydrogen-bond donors (Lipinski definition) is 0. The lowest BCUT2D eigenvalue weighted by molar-refractivity contribution is -0.113. The standard InChI is InChI=1S/C28H23BrN2O3S/c1-18-3-8-22(9-4-18)31-27(32)26(35-28(31)33)15-20-17-30(25-12-7-21(29)16-24(20)25)13-14-34-23-10-5-19(2)6-11-23/h3-12,15-17H,13-14H2,1-2H3/b26-15-. The quantitative estimate of drug-likeness (QED) is 0.237. The van der Waals surface area contributed by atoms with Crippen molar-refractivity contribution in [2.45, 2.75) is 20.4 Å². The molecule has 5 rings (SSSR count). The van der Waals surface area contributed by atoms with Crippen LogP contribution in [0.3, 0.4) is 0 Å². The molecule has 5 nitrogen and oxygen atoms in total. The summed E-state index contributed by atoms with van der Waals surface area (Å²) in [7, 11) is 0. The SMILES string of the molecule is Cc1ccc(OCCn2cc(/C=C3\SC(=O)N(c4ccc(C)cc4)C3=O)c3cc(Br)ccc32)cc1. The maximum Gasteiger partial charge on any atom is 0.298 e. The van der Waals surface area contributed by atoms with Gasteiger partial charge < -0.3 is 9.30 Å². The van der Waals surface area contributed by atoms with E-state index in [0.717, 1.165) is 44.0 Å². The fourth-order valence-corrected chi connectivity index (χ4v) is 5.21. The van der Waals surface area contributed by atoms with Crippen molar-refractivity contribution in [3.05, 3.63) is 99.0 Å². The van der Waals surface area contributed by atoms with E-state index in [4.69, 9.17) is 4.74 Å². The summed E-state index contributed by atoms with van der Waals surface area (Å²) in [5.74, 6) is 0.530. The van der Waals surface area contributed by atoms with Gasteiger partial charge in [-0.3, -0.25) is 9.59 Å². The first-order valence-corrected chi connectivity index (χ1v) is 12.8. The summed E-state index contributed by atoms with van der Waals surface area (Å²) in [6.07, 6.45) is 3.82. The number of thioether (sulfide) groups is 1. The molecule has 7 heteroatoms. The molecule has 1 aliphatic heterocycles. The Kier molecular flexibility index (Phi) is 6.54. The van der Waals surface area contributed by atoms with Crippen molar-refractivity contribution in [1.29, 1.82) is 0 Å². The van der Waals surface area contributed by atoms with Gasteiger partial charge in [0, 0.05) is 27.1 Å². The van der Waals surface area contributed by atoms with E-state index in [-0.39, 0.29) is 11.1 Å². The molecule has 1 fully saturated rings. The predicted molar refractivity (Wildman–Crippen MR) is 146 cm³/mol. The summed E-state index contributed by atoms with van der Waals surface area (Å²) >= 11 is 4.52. The van der Waals surface area contributed by atoms with E-state index in [1.807, 2.05) is 80.7 Å². The molecular formula is C28H23BrN2O3S. The lowest BCUT2D eigenvalue weighted by atomic mass is 10.1. The third kappa shape index (κ3) is 4.92. The van der Waals surface area contributed by atoms with Crippen LogP contribution in [0.25, 0.3) is 17.0 Å². The smallest absolute Gasteiger partial charge is 0.298 e. The highest BCUT2D eigenvalue weighted by Crippen LogP contribution is 2.37. The molecule has 0 radical (unpaired) electrons. The average molecular weight is 547 g/mol. The molecule has 3 aromatic carbocycles. The monoisotopic (exact) mass is 546 g/mol. The van der Waals surface area contributed by atoms with Gasteiger partial charge in [0.1, 0.15) is 12.4 Å². The summed E-state index contributed by atoms with van der Waals surface area (Å²) in [5.41, 5.74) is 4.76. The Bertz CT molecular complexity index is 1460. The molecule has 2 heterocycles. The van der Waals surface area contributed by atoms with Gasteiger partial charge in [-0.15, -0.1) is 0 Å². The molecule has 0 bridgehead atoms. The number of hydrogen-bond acceptors (Lipinski definition) is 4. The molecule has 1 aliphatic rings. The number of imide groups is 1. The summed E-state index contributed by atoms with van der Waals surface area (Å²) in [5, 5.41) is 0.707. The van der Waals surface area contributed by atoms with Gasteiger partial charge in [0.15, 0.2) is 0 Å². The Morgan fingerprint density at radius 1 is 0.943 bits per heavy atom. The Balaban J connectivity index is 1.42. The van der Waals surface area contributed by atoms with Crippen LogP contribution in [-0.4, -0.2) is 22.3 Å². The van der Waals surface area contributed by atoms with Crippen LogP contribution in [0.2, 0.25) is 0 Å². The van der Waals surface area contributed by atoms with Crippen LogP contribution in [0.5, 0.6) is 5.75 Å². The van der Waals surface area contributed by atoms with E-state index >= 15 is 0 Å². The van der Waals surface area contributed by atoms with Gasteiger partial charge in [-0.25, -0.2) is 4.90 Å². The first kappa shape index (κ1) is 23.5. The maximum absolute atomic E-state index is 13.1. The van der Waals surface area contributed by atoms with E-state index in [0.29, 0.717) is 23.7 Å². The topological polar surface area (TPSA) is 51.5 Å². The molecule has 0 saturated carbocycles. The van der Waals surface area contributed by atoms with Crippen LogP contribution >= 0.6 is 27.7 Å². The zero-order chi connectivity index (χ0) is 24.5. The number of halogens is 1. The number of fused-ring (bicyclic) bond motifs is 1. The molecule has 0 unspecified atom stereocenters. The van der Waals surface area contributed by atoms with Crippen molar-refractivity contribution < 1.29 is 14.3 Å². The van der Waals surface area contributed by atoms with Crippen molar-refractivity contribution in [3.63, 3.8) is 0 Å². The third-order valence-electron chi connectivity index (χ3n) is 5.87. The van der Waals surface area contributed by atoms with Crippen LogP contribution in [0, 0.1) is 13.8 Å². The molecule has 1 aromatic heterocycles. The number of carbonyl (C=O) groups is 2. The molecule has 4 aromatic rings. The summed E-state index contributed by atoms with van der Waals surface area (Å²) in [6.45, 7) is 5.17. The van der Waals surface area contributed by atoms with Crippen molar-refractivity contribution in [1.82, 2.24) is 4.57 Å². The Morgan fingerprint density at radius 3 is 2.34 bits per heavy atom. The van der Waals surface area contributed by atoms with E-state index in [9.17, 15) is 9.59 Å². The maximum atomic E-state index is 13.1. The van der Waals surface area contributed by atoms with Crippen molar-refractivity contribution in [2.24, 2.45) is 0 Å². The number of rotatable bonds is 6. The summed E-state index contributed by atoms with van der Waals surface area (Å²) < 4.78 is 8.99. The van der Waals surface area contributed by atoms with Crippen LogP contribution in [-0.2, 0) is 11.3 Å². The molecule has 2 amide bonds. The Morgan fingerprint density at radius 2 is 1.63 bits per heavy atom. The number of aryl methyl sites for hydroxylation is 2. The lowest BCUT2D eigenvalue weighted by Gasteiger charge is -2.12. The fraction of sp³-hybridized carbons (Fsp3) is 0.143. The predicted octanol–water partition coefficient (Wildman–Crippen LogP) is 7.34. The van der Waals surface area contributed by atoms with Crippen LogP contribution < -0.4 is 9.64 Å². The highest BCUT2D eigenvalue weighted by molar-refractivity contribution is 9.10. The second kappa shape index (κ2) is 9.76. The van der Waals surface area contributed by atoms with Gasteiger partial charge in [0.2, 0.25) is 0 Å². The minimum absolute atomic E-state index is 0.290. The minimum atomic E-state index is -0.303. The molecule has 0 aliphatic carbocycles. The Labute approximate surface area is 216 Å². The number of nitrogens with zero attached hydrogens (tertiary/aromatic N) is 2. The van der Waals surface area contributed by atoms with E-state index in [1.165, 1.54) is 10.5 Å². The molecular weight excluding hydrogens is 524 g/mol. The number of anilines is 1. The van der Waals surface area contributed by atoms with Crippen molar-refractivity contribution >= 4 is 61.5 Å². The molecule has 0 N–H and O–H groups in total. The summed E-state index contributed by atoms with van der Waals surface area (Å²) in [6, 6.07) is 21.4. The van der Waals surface area contributed by atoms with E-state index < -0.39 is 0 Å². The number of aromatic nitrogens is 1. The zero-order valence-electron chi connectivity index (χ0n) is 19.3. The molecule has 1 saturated heterocycles. The highest BCUT2D eigenvalue weighted by Gasteiger charge is 2.36. The number of amides is 2. The fourth-order valence-electron chi connectivity index (χ4n) is 4.02. The number of ether oxygens (including phenoxy) is 1. The lowest BCUT2D eigenvalue weighted by Crippen LogP contribution is -2.27. The van der Waals surface area contributed by atoms with Crippen molar-refractivity contribution in [3.8, 4) is 5.75 Å². The Hall–Kier alpha value is -3.29. The van der Waals surface area contributed by atoms with E-state index in [2.05, 4.69) is 20.5 Å². The van der Waals surface area contributed by atoms with Gasteiger partial charge in [-0.05, 0) is 74.1 Å². The third-order valence-corrected chi connectivity index (χ3v) is 7.23. The van der Waals surface area contributed by atoms with Gasteiger partial charge in [0.25, 0.3) is 11.1 Å². The number of benzene rings is 3. The molecule has 35 heavy (non-hydrogen) atoms. The molecule has 0 spiro atoms. The highest BCUT2D eigenvalue weighted by atomic mass is 79.9. The van der Waals surface area contributed by atoms with Gasteiger partial charge >= 0.3 is 0 Å². The first-order chi connectivity index (χ1) is 16.9. The summed E-state index contributed by atoms with van der Waals surface area (Å²) in [4.78, 5) is 27.5. The largest absolute Gasteiger partial charge is 0.492 e. The van der Waals surface area contributed by atoms with Crippen LogP contribution in [0.4, 0.5) is 10.5 Å². The van der Waals surface area contributed by atoms with Gasteiger partial charge in [-0.1, -0.05) is 51.3 Å². The number of carbonyl (C=O) groups excluding carboxylic acids is 2. The molecule has 0 atom stereocenters. The average Bonchev–Trinajstić information content (AvgIpc) is 3.31. The van der Waals surface area contributed by atoms with Crippen molar-refractivity contribution in [2.75, 3.05) is 11.5 Å². The van der Waals surface area contributed by atoms with E-state index in [1.54, 1.807) is 12.1 Å². The van der Waals surface area contributed by atoms with Gasteiger partial charge in [-0.2, -0.15) is 0 Å². The van der Waals surface area contributed by atoms with Crippen LogP contribution in [0.15, 0.2) is 82.3 Å². The molecule has 176 valence electrons.